The minimum atomic E-state index is 0.0318. The molecule has 1 saturated heterocycles. The molecule has 3 heterocycles. The molecule has 4 rings (SSSR count). The summed E-state index contributed by atoms with van der Waals surface area (Å²) in [5.41, 5.74) is 3.50. The molecule has 1 N–H and O–H groups in total. The Balaban J connectivity index is 1.56. The number of amides is 1. The second kappa shape index (κ2) is 6.99. The van der Waals surface area contributed by atoms with Crippen LogP contribution in [-0.4, -0.2) is 51.2 Å². The van der Waals surface area contributed by atoms with E-state index in [1.165, 1.54) is 19.3 Å². The minimum absolute atomic E-state index is 0.0318. The summed E-state index contributed by atoms with van der Waals surface area (Å²) < 4.78 is 1.80. The number of aryl methyl sites for hydroxylation is 2. The van der Waals surface area contributed by atoms with Gasteiger partial charge >= 0.3 is 0 Å². The van der Waals surface area contributed by atoms with Gasteiger partial charge in [-0.1, -0.05) is 6.92 Å². The zero-order chi connectivity index (χ0) is 18.3. The van der Waals surface area contributed by atoms with Gasteiger partial charge in [-0.15, -0.1) is 0 Å². The first-order chi connectivity index (χ1) is 12.6. The number of nitrogens with one attached hydrogen (secondary N) is 1. The highest BCUT2D eigenvalue weighted by Crippen LogP contribution is 2.40. The lowest BCUT2D eigenvalue weighted by Gasteiger charge is -2.32. The highest BCUT2D eigenvalue weighted by Gasteiger charge is 2.29. The van der Waals surface area contributed by atoms with Crippen molar-refractivity contribution >= 4 is 16.9 Å². The normalized spacial score (nSPS) is 19.2. The highest BCUT2D eigenvalue weighted by atomic mass is 16.1. The SMILES string of the molecule is CCCN1CCC(NC(=O)c2cc(C3CC3)nc3c2c(C)nn3C)CC1. The molecule has 2 aliphatic rings. The van der Waals surface area contributed by atoms with Crippen LogP contribution in [0.3, 0.4) is 0 Å². The van der Waals surface area contributed by atoms with Gasteiger partial charge in [-0.3, -0.25) is 9.48 Å². The maximum atomic E-state index is 13.1. The van der Waals surface area contributed by atoms with Crippen molar-refractivity contribution in [2.45, 2.75) is 57.9 Å². The maximum absolute atomic E-state index is 13.1. The van der Waals surface area contributed by atoms with E-state index in [-0.39, 0.29) is 11.9 Å². The van der Waals surface area contributed by atoms with E-state index >= 15 is 0 Å². The molecule has 0 bridgehead atoms. The summed E-state index contributed by atoms with van der Waals surface area (Å²) in [5, 5.41) is 8.68. The number of pyridine rings is 1. The van der Waals surface area contributed by atoms with Crippen LogP contribution >= 0.6 is 0 Å². The van der Waals surface area contributed by atoms with E-state index < -0.39 is 0 Å². The van der Waals surface area contributed by atoms with Crippen LogP contribution < -0.4 is 5.32 Å². The third-order valence-corrected chi connectivity index (χ3v) is 5.69. The summed E-state index contributed by atoms with van der Waals surface area (Å²) in [6.07, 6.45) is 5.60. The van der Waals surface area contributed by atoms with Gasteiger partial charge in [-0.2, -0.15) is 5.10 Å². The molecule has 2 aromatic rings. The first-order valence-corrected chi connectivity index (χ1v) is 9.94. The molecular weight excluding hydrogens is 326 g/mol. The molecule has 6 heteroatoms. The topological polar surface area (TPSA) is 63.1 Å². The Morgan fingerprint density at radius 3 is 2.65 bits per heavy atom. The molecule has 26 heavy (non-hydrogen) atoms. The van der Waals surface area contributed by atoms with Crippen molar-refractivity contribution in [2.24, 2.45) is 7.05 Å². The standard InChI is InChI=1S/C20H29N5O/c1-4-9-25-10-7-15(8-11-25)21-20(26)16-12-17(14-5-6-14)22-19-18(16)13(2)23-24(19)3/h12,14-15H,4-11H2,1-3H3,(H,21,26). The van der Waals surface area contributed by atoms with Crippen LogP contribution in [0.2, 0.25) is 0 Å². The molecular formula is C20H29N5O. The smallest absolute Gasteiger partial charge is 0.252 e. The number of fused-ring (bicyclic) bond motifs is 1. The number of hydrogen-bond donors (Lipinski definition) is 1. The predicted octanol–water partition coefficient (Wildman–Crippen LogP) is 2.76. The zero-order valence-electron chi connectivity index (χ0n) is 16.1. The summed E-state index contributed by atoms with van der Waals surface area (Å²) in [4.78, 5) is 20.4. The Morgan fingerprint density at radius 1 is 1.27 bits per heavy atom. The number of carbonyl (C=O) groups is 1. The molecule has 2 fully saturated rings. The summed E-state index contributed by atoms with van der Waals surface area (Å²) >= 11 is 0. The fourth-order valence-corrected chi connectivity index (χ4v) is 4.11. The monoisotopic (exact) mass is 355 g/mol. The third-order valence-electron chi connectivity index (χ3n) is 5.69. The van der Waals surface area contributed by atoms with Crippen LogP contribution in [0.25, 0.3) is 11.0 Å². The van der Waals surface area contributed by atoms with Gasteiger partial charge in [0.1, 0.15) is 0 Å². The van der Waals surface area contributed by atoms with Gasteiger partial charge in [0, 0.05) is 37.8 Å². The molecule has 2 aromatic heterocycles. The van der Waals surface area contributed by atoms with Crippen LogP contribution in [0.5, 0.6) is 0 Å². The van der Waals surface area contributed by atoms with Crippen molar-refractivity contribution in [2.75, 3.05) is 19.6 Å². The zero-order valence-corrected chi connectivity index (χ0v) is 16.1. The maximum Gasteiger partial charge on any atom is 0.252 e. The van der Waals surface area contributed by atoms with Crippen molar-refractivity contribution < 1.29 is 4.79 Å². The molecule has 1 aliphatic heterocycles. The van der Waals surface area contributed by atoms with Crippen molar-refractivity contribution in [3.63, 3.8) is 0 Å². The summed E-state index contributed by atoms with van der Waals surface area (Å²) in [6, 6.07) is 2.27. The molecule has 0 unspecified atom stereocenters. The molecule has 0 radical (unpaired) electrons. The fraction of sp³-hybridized carbons (Fsp3) is 0.650. The molecule has 0 spiro atoms. The van der Waals surface area contributed by atoms with E-state index in [1.807, 2.05) is 20.0 Å². The minimum Gasteiger partial charge on any atom is -0.349 e. The van der Waals surface area contributed by atoms with E-state index in [0.29, 0.717) is 5.92 Å². The average Bonchev–Trinajstić information content (AvgIpc) is 3.43. The van der Waals surface area contributed by atoms with Gasteiger partial charge in [0.2, 0.25) is 0 Å². The number of nitrogens with zero attached hydrogens (tertiary/aromatic N) is 4. The number of likely N-dealkylation sites (tertiary alicyclic amines) is 1. The summed E-state index contributed by atoms with van der Waals surface area (Å²) in [7, 11) is 1.91. The molecule has 0 atom stereocenters. The molecule has 0 aromatic carbocycles. The van der Waals surface area contributed by atoms with Crippen molar-refractivity contribution in [3.8, 4) is 0 Å². The number of carbonyl (C=O) groups excluding carboxylic acids is 1. The first-order valence-electron chi connectivity index (χ1n) is 9.94. The van der Waals surface area contributed by atoms with Gasteiger partial charge < -0.3 is 10.2 Å². The van der Waals surface area contributed by atoms with E-state index in [1.54, 1.807) is 4.68 Å². The van der Waals surface area contributed by atoms with Gasteiger partial charge in [-0.05, 0) is 51.6 Å². The highest BCUT2D eigenvalue weighted by molar-refractivity contribution is 6.06. The fourth-order valence-electron chi connectivity index (χ4n) is 4.11. The van der Waals surface area contributed by atoms with E-state index in [0.717, 1.165) is 60.5 Å². The Morgan fingerprint density at radius 2 is 2.00 bits per heavy atom. The van der Waals surface area contributed by atoms with Crippen LogP contribution in [-0.2, 0) is 7.05 Å². The Hall–Kier alpha value is -1.95. The second-order valence-corrected chi connectivity index (χ2v) is 7.87. The number of rotatable bonds is 5. The quantitative estimate of drug-likeness (QED) is 0.896. The van der Waals surface area contributed by atoms with E-state index in [2.05, 4.69) is 22.2 Å². The van der Waals surface area contributed by atoms with Gasteiger partial charge in [0.25, 0.3) is 5.91 Å². The molecule has 1 aliphatic carbocycles. The summed E-state index contributed by atoms with van der Waals surface area (Å²) in [5.74, 6) is 0.544. The van der Waals surface area contributed by atoms with Crippen molar-refractivity contribution in [1.82, 2.24) is 25.0 Å². The van der Waals surface area contributed by atoms with Gasteiger partial charge in [0.05, 0.1) is 16.6 Å². The van der Waals surface area contributed by atoms with Gasteiger partial charge in [0.15, 0.2) is 5.65 Å². The van der Waals surface area contributed by atoms with Crippen LogP contribution in [0.1, 0.15) is 66.7 Å². The molecule has 1 saturated carbocycles. The lowest BCUT2D eigenvalue weighted by Crippen LogP contribution is -2.44. The van der Waals surface area contributed by atoms with Crippen LogP contribution in [0, 0.1) is 6.92 Å². The number of hydrogen-bond acceptors (Lipinski definition) is 4. The Bertz CT molecular complexity index is 815. The van der Waals surface area contributed by atoms with Crippen LogP contribution in [0.15, 0.2) is 6.07 Å². The molecule has 140 valence electrons. The largest absolute Gasteiger partial charge is 0.349 e. The van der Waals surface area contributed by atoms with E-state index in [4.69, 9.17) is 4.98 Å². The van der Waals surface area contributed by atoms with E-state index in [9.17, 15) is 4.79 Å². The number of aromatic nitrogens is 3. The average molecular weight is 355 g/mol. The first kappa shape index (κ1) is 17.5. The second-order valence-electron chi connectivity index (χ2n) is 7.87. The predicted molar refractivity (Wildman–Crippen MR) is 102 cm³/mol. The molecule has 6 nitrogen and oxygen atoms in total. The van der Waals surface area contributed by atoms with Crippen molar-refractivity contribution in [1.29, 1.82) is 0 Å². The Kier molecular flexibility index (Phi) is 4.69. The summed E-state index contributed by atoms with van der Waals surface area (Å²) in [6.45, 7) is 7.48. The Labute approximate surface area is 155 Å². The van der Waals surface area contributed by atoms with Crippen molar-refractivity contribution in [3.05, 3.63) is 23.0 Å². The lowest BCUT2D eigenvalue weighted by atomic mass is 10.0. The lowest BCUT2D eigenvalue weighted by molar-refractivity contribution is 0.0912. The van der Waals surface area contributed by atoms with Gasteiger partial charge in [-0.25, -0.2) is 4.98 Å². The third kappa shape index (κ3) is 3.34. The number of piperidine rings is 1. The van der Waals surface area contributed by atoms with Crippen LogP contribution in [0.4, 0.5) is 0 Å². The molecule has 1 amide bonds.